The Bertz CT molecular complexity index is 286. The van der Waals surface area contributed by atoms with Crippen molar-refractivity contribution in [3.63, 3.8) is 0 Å². The van der Waals surface area contributed by atoms with Crippen LogP contribution >= 0.6 is 0 Å². The SMILES string of the molecule is CC(C)(N)c1nc2c(o1)CCCC2. The van der Waals surface area contributed by atoms with Gasteiger partial charge in [0, 0.05) is 6.42 Å². The lowest BCUT2D eigenvalue weighted by molar-refractivity contribution is 0.356. The molecule has 3 nitrogen and oxygen atoms in total. The van der Waals surface area contributed by atoms with Crippen LogP contribution in [-0.4, -0.2) is 4.98 Å². The van der Waals surface area contributed by atoms with E-state index in [2.05, 4.69) is 4.98 Å². The van der Waals surface area contributed by atoms with Crippen LogP contribution in [0.3, 0.4) is 0 Å². The average Bonchev–Trinajstić information content (AvgIpc) is 2.45. The van der Waals surface area contributed by atoms with Crippen LogP contribution in [0.4, 0.5) is 0 Å². The summed E-state index contributed by atoms with van der Waals surface area (Å²) in [5, 5.41) is 0. The number of hydrogen-bond acceptors (Lipinski definition) is 3. The molecule has 2 N–H and O–H groups in total. The zero-order valence-corrected chi connectivity index (χ0v) is 8.26. The lowest BCUT2D eigenvalue weighted by Gasteiger charge is -2.12. The number of aryl methyl sites for hydroxylation is 2. The van der Waals surface area contributed by atoms with Gasteiger partial charge in [-0.15, -0.1) is 0 Å². The molecule has 0 spiro atoms. The highest BCUT2D eigenvalue weighted by Crippen LogP contribution is 2.25. The van der Waals surface area contributed by atoms with Crippen molar-refractivity contribution in [2.75, 3.05) is 0 Å². The number of oxazole rings is 1. The Hall–Kier alpha value is -0.830. The molecule has 0 fully saturated rings. The second kappa shape index (κ2) is 2.84. The summed E-state index contributed by atoms with van der Waals surface area (Å²) >= 11 is 0. The monoisotopic (exact) mass is 180 g/mol. The standard InChI is InChI=1S/C10H16N2O/c1-10(2,11)9-12-7-5-3-4-6-8(7)13-9/h3-6,11H2,1-2H3. The quantitative estimate of drug-likeness (QED) is 0.716. The maximum atomic E-state index is 5.91. The minimum Gasteiger partial charge on any atom is -0.443 e. The fraction of sp³-hybridized carbons (Fsp3) is 0.700. The third-order valence-electron chi connectivity index (χ3n) is 2.40. The smallest absolute Gasteiger partial charge is 0.214 e. The molecular weight excluding hydrogens is 164 g/mol. The van der Waals surface area contributed by atoms with Gasteiger partial charge in [0.2, 0.25) is 5.89 Å². The van der Waals surface area contributed by atoms with Gasteiger partial charge in [-0.1, -0.05) is 0 Å². The largest absolute Gasteiger partial charge is 0.443 e. The molecule has 1 aromatic rings. The van der Waals surface area contributed by atoms with Crippen LogP contribution in [0.15, 0.2) is 4.42 Å². The van der Waals surface area contributed by atoms with Crippen molar-refractivity contribution in [3.05, 3.63) is 17.3 Å². The number of nitrogens with two attached hydrogens (primary N) is 1. The molecule has 72 valence electrons. The normalized spacial score (nSPS) is 17.2. The summed E-state index contributed by atoms with van der Waals surface area (Å²) in [5.41, 5.74) is 6.59. The van der Waals surface area contributed by atoms with Crippen molar-refractivity contribution in [2.45, 2.75) is 45.1 Å². The van der Waals surface area contributed by atoms with Gasteiger partial charge in [0.15, 0.2) is 0 Å². The van der Waals surface area contributed by atoms with E-state index in [1.165, 1.54) is 12.8 Å². The number of hydrogen-bond donors (Lipinski definition) is 1. The molecule has 0 aromatic carbocycles. The van der Waals surface area contributed by atoms with E-state index in [-0.39, 0.29) is 0 Å². The van der Waals surface area contributed by atoms with Crippen LogP contribution < -0.4 is 5.73 Å². The van der Waals surface area contributed by atoms with Gasteiger partial charge in [-0.2, -0.15) is 0 Å². The maximum absolute atomic E-state index is 5.91. The van der Waals surface area contributed by atoms with Gasteiger partial charge in [0.25, 0.3) is 0 Å². The zero-order valence-electron chi connectivity index (χ0n) is 8.26. The molecule has 0 aliphatic heterocycles. The molecule has 0 radical (unpaired) electrons. The van der Waals surface area contributed by atoms with E-state index in [4.69, 9.17) is 10.2 Å². The van der Waals surface area contributed by atoms with Crippen LogP contribution in [-0.2, 0) is 18.4 Å². The lowest BCUT2D eigenvalue weighted by Crippen LogP contribution is -2.29. The van der Waals surface area contributed by atoms with E-state index in [0.29, 0.717) is 5.89 Å². The van der Waals surface area contributed by atoms with Crippen molar-refractivity contribution in [1.82, 2.24) is 4.98 Å². The van der Waals surface area contributed by atoms with Gasteiger partial charge in [0.05, 0.1) is 11.2 Å². The number of fused-ring (bicyclic) bond motifs is 1. The third-order valence-corrected chi connectivity index (χ3v) is 2.40. The molecule has 13 heavy (non-hydrogen) atoms. The second-order valence-electron chi connectivity index (χ2n) is 4.32. The highest BCUT2D eigenvalue weighted by Gasteiger charge is 2.25. The van der Waals surface area contributed by atoms with Gasteiger partial charge >= 0.3 is 0 Å². The fourth-order valence-corrected chi connectivity index (χ4v) is 1.63. The Labute approximate surface area is 78.3 Å². The van der Waals surface area contributed by atoms with Crippen LogP contribution in [0.2, 0.25) is 0 Å². The van der Waals surface area contributed by atoms with Crippen molar-refractivity contribution in [2.24, 2.45) is 5.73 Å². The van der Waals surface area contributed by atoms with E-state index >= 15 is 0 Å². The summed E-state index contributed by atoms with van der Waals surface area (Å²) in [5.74, 6) is 1.74. The van der Waals surface area contributed by atoms with E-state index in [0.717, 1.165) is 24.3 Å². The molecule has 0 bridgehead atoms. The highest BCUT2D eigenvalue weighted by molar-refractivity contribution is 5.15. The Morgan fingerprint density at radius 3 is 2.62 bits per heavy atom. The molecule has 0 amide bonds. The topological polar surface area (TPSA) is 52.0 Å². The predicted octanol–water partition coefficient (Wildman–Crippen LogP) is 1.75. The van der Waals surface area contributed by atoms with Gasteiger partial charge < -0.3 is 10.2 Å². The first kappa shape index (κ1) is 8.75. The molecule has 0 saturated heterocycles. The highest BCUT2D eigenvalue weighted by atomic mass is 16.4. The summed E-state index contributed by atoms with van der Waals surface area (Å²) in [6.45, 7) is 3.84. The van der Waals surface area contributed by atoms with Crippen molar-refractivity contribution < 1.29 is 4.42 Å². The Morgan fingerprint density at radius 2 is 2.00 bits per heavy atom. The predicted molar refractivity (Wildman–Crippen MR) is 50.4 cm³/mol. The minimum absolute atomic E-state index is 0.447. The van der Waals surface area contributed by atoms with Crippen molar-refractivity contribution >= 4 is 0 Å². The summed E-state index contributed by atoms with van der Waals surface area (Å²) in [4.78, 5) is 4.43. The molecule has 0 saturated carbocycles. The molecule has 1 aliphatic rings. The minimum atomic E-state index is -0.447. The van der Waals surface area contributed by atoms with E-state index in [1.807, 2.05) is 13.8 Å². The average molecular weight is 180 g/mol. The van der Waals surface area contributed by atoms with Crippen LogP contribution in [0, 0.1) is 0 Å². The second-order valence-corrected chi connectivity index (χ2v) is 4.32. The zero-order chi connectivity index (χ0) is 9.47. The maximum Gasteiger partial charge on any atom is 0.214 e. The molecule has 1 aliphatic carbocycles. The molecule has 3 heteroatoms. The summed E-state index contributed by atoms with van der Waals surface area (Å²) in [6.07, 6.45) is 4.52. The summed E-state index contributed by atoms with van der Waals surface area (Å²) in [6, 6.07) is 0. The summed E-state index contributed by atoms with van der Waals surface area (Å²) in [7, 11) is 0. The fourth-order valence-electron chi connectivity index (χ4n) is 1.63. The molecule has 0 atom stereocenters. The Kier molecular flexibility index (Phi) is 1.91. The first-order valence-electron chi connectivity index (χ1n) is 4.85. The van der Waals surface area contributed by atoms with E-state index < -0.39 is 5.54 Å². The Balaban J connectivity index is 2.36. The first-order valence-corrected chi connectivity index (χ1v) is 4.85. The van der Waals surface area contributed by atoms with Crippen molar-refractivity contribution in [3.8, 4) is 0 Å². The van der Waals surface area contributed by atoms with Gasteiger partial charge in [-0.3, -0.25) is 0 Å². The van der Waals surface area contributed by atoms with Crippen molar-refractivity contribution in [1.29, 1.82) is 0 Å². The van der Waals surface area contributed by atoms with Crippen LogP contribution in [0.1, 0.15) is 44.0 Å². The lowest BCUT2D eigenvalue weighted by atomic mass is 10.0. The summed E-state index contributed by atoms with van der Waals surface area (Å²) < 4.78 is 5.63. The first-order chi connectivity index (χ1) is 6.07. The van der Waals surface area contributed by atoms with Crippen LogP contribution in [0.25, 0.3) is 0 Å². The van der Waals surface area contributed by atoms with Gasteiger partial charge in [-0.05, 0) is 33.1 Å². The molecule has 2 rings (SSSR count). The molecular formula is C10H16N2O. The molecule has 0 unspecified atom stereocenters. The van der Waals surface area contributed by atoms with E-state index in [9.17, 15) is 0 Å². The van der Waals surface area contributed by atoms with Crippen LogP contribution in [0.5, 0.6) is 0 Å². The number of aromatic nitrogens is 1. The van der Waals surface area contributed by atoms with E-state index in [1.54, 1.807) is 0 Å². The number of nitrogens with zero attached hydrogens (tertiary/aromatic N) is 1. The molecule has 1 heterocycles. The molecule has 1 aromatic heterocycles. The third kappa shape index (κ3) is 1.61. The number of rotatable bonds is 1. The van der Waals surface area contributed by atoms with Gasteiger partial charge in [0.1, 0.15) is 5.76 Å². The van der Waals surface area contributed by atoms with Gasteiger partial charge in [-0.25, -0.2) is 4.98 Å². The Morgan fingerprint density at radius 1 is 1.31 bits per heavy atom.